The van der Waals surface area contributed by atoms with E-state index >= 15 is 0 Å². The lowest BCUT2D eigenvalue weighted by Crippen LogP contribution is -2.56. The molecule has 1 aromatic rings. The molecule has 1 fully saturated rings. The van der Waals surface area contributed by atoms with Crippen LogP contribution in [0.2, 0.25) is 0 Å². The minimum Gasteiger partial charge on any atom is -0.465 e. The van der Waals surface area contributed by atoms with Gasteiger partial charge in [-0.25, -0.2) is 0 Å². The van der Waals surface area contributed by atoms with Crippen molar-refractivity contribution in [1.82, 2.24) is 15.1 Å². The van der Waals surface area contributed by atoms with Gasteiger partial charge in [0.05, 0.1) is 6.54 Å². The molecule has 0 unspecified atom stereocenters. The predicted molar refractivity (Wildman–Crippen MR) is 82.8 cm³/mol. The summed E-state index contributed by atoms with van der Waals surface area (Å²) in [4.78, 5) is 4.79. The van der Waals surface area contributed by atoms with E-state index in [1.54, 1.807) is 0 Å². The van der Waals surface area contributed by atoms with E-state index in [0.29, 0.717) is 5.54 Å². The smallest absolute Gasteiger partial charge is 0.118 e. The normalized spacial score (nSPS) is 17.8. The highest BCUT2D eigenvalue weighted by atomic mass is 16.3. The number of rotatable bonds is 7. The fourth-order valence-electron chi connectivity index (χ4n) is 3.19. The van der Waals surface area contributed by atoms with Crippen LogP contribution in [0.15, 0.2) is 10.5 Å². The van der Waals surface area contributed by atoms with Gasteiger partial charge in [-0.3, -0.25) is 4.90 Å². The predicted octanol–water partition coefficient (Wildman–Crippen LogP) is 2.22. The lowest BCUT2D eigenvalue weighted by Gasteiger charge is -2.49. The van der Waals surface area contributed by atoms with E-state index in [1.165, 1.54) is 24.8 Å². The maximum Gasteiger partial charge on any atom is 0.118 e. The van der Waals surface area contributed by atoms with Crippen LogP contribution in [-0.4, -0.2) is 50.1 Å². The molecule has 1 aliphatic rings. The summed E-state index contributed by atoms with van der Waals surface area (Å²) < 4.78 is 5.87. The molecule has 20 heavy (non-hydrogen) atoms. The Hall–Kier alpha value is -0.840. The van der Waals surface area contributed by atoms with Crippen molar-refractivity contribution in [3.63, 3.8) is 0 Å². The van der Waals surface area contributed by atoms with Crippen LogP contribution in [-0.2, 0) is 13.1 Å². The minimum atomic E-state index is 0.379. The van der Waals surface area contributed by atoms with Crippen molar-refractivity contribution >= 4 is 0 Å². The Kier molecular flexibility index (Phi) is 4.89. The van der Waals surface area contributed by atoms with Crippen molar-refractivity contribution in [3.05, 3.63) is 23.2 Å². The molecule has 1 heterocycles. The summed E-state index contributed by atoms with van der Waals surface area (Å²) in [5, 5.41) is 3.18. The number of nitrogens with zero attached hydrogens (tertiary/aromatic N) is 2. The van der Waals surface area contributed by atoms with E-state index in [2.05, 4.69) is 42.3 Å². The number of nitrogens with one attached hydrogen (secondary N) is 1. The van der Waals surface area contributed by atoms with E-state index < -0.39 is 0 Å². The van der Waals surface area contributed by atoms with Gasteiger partial charge in [-0.1, -0.05) is 0 Å². The molecular formula is C16H29N3O. The van der Waals surface area contributed by atoms with Gasteiger partial charge in [-0.15, -0.1) is 0 Å². The Bertz CT molecular complexity index is 435. The topological polar surface area (TPSA) is 31.6 Å². The molecule has 1 aliphatic carbocycles. The second-order valence-corrected chi connectivity index (χ2v) is 6.47. The van der Waals surface area contributed by atoms with Gasteiger partial charge in [0.15, 0.2) is 0 Å². The molecule has 1 saturated carbocycles. The van der Waals surface area contributed by atoms with Crippen LogP contribution in [0.25, 0.3) is 0 Å². The van der Waals surface area contributed by atoms with Crippen molar-refractivity contribution in [2.75, 3.05) is 34.7 Å². The van der Waals surface area contributed by atoms with E-state index in [1.807, 2.05) is 14.0 Å². The van der Waals surface area contributed by atoms with Crippen molar-refractivity contribution in [2.24, 2.45) is 0 Å². The summed E-state index contributed by atoms with van der Waals surface area (Å²) in [7, 11) is 8.57. The summed E-state index contributed by atoms with van der Waals surface area (Å²) in [5.74, 6) is 2.11. The quantitative estimate of drug-likeness (QED) is 0.829. The molecule has 114 valence electrons. The fraction of sp³-hybridized carbons (Fsp3) is 0.750. The molecule has 0 amide bonds. The molecule has 4 heteroatoms. The third-order valence-corrected chi connectivity index (χ3v) is 4.66. The number of likely N-dealkylation sites (N-methyl/N-ethyl adjacent to an activating group) is 2. The fourth-order valence-corrected chi connectivity index (χ4v) is 3.19. The van der Waals surface area contributed by atoms with Crippen LogP contribution < -0.4 is 5.32 Å². The average molecular weight is 279 g/mol. The van der Waals surface area contributed by atoms with Crippen LogP contribution >= 0.6 is 0 Å². The van der Waals surface area contributed by atoms with Crippen LogP contribution in [0.5, 0.6) is 0 Å². The highest BCUT2D eigenvalue weighted by Crippen LogP contribution is 2.36. The van der Waals surface area contributed by atoms with Crippen LogP contribution in [0.1, 0.15) is 36.3 Å². The Balaban J connectivity index is 1.94. The first-order valence-electron chi connectivity index (χ1n) is 7.55. The summed E-state index contributed by atoms with van der Waals surface area (Å²) in [6.45, 7) is 4.92. The van der Waals surface area contributed by atoms with Crippen molar-refractivity contribution in [1.29, 1.82) is 0 Å². The van der Waals surface area contributed by atoms with Crippen molar-refractivity contribution < 1.29 is 4.42 Å². The minimum absolute atomic E-state index is 0.379. The average Bonchev–Trinajstić information content (AvgIpc) is 2.64. The summed E-state index contributed by atoms with van der Waals surface area (Å²) >= 11 is 0. The highest BCUT2D eigenvalue weighted by molar-refractivity contribution is 5.20. The SMILES string of the molecule is CNCc1cc(CN(C)CC2(N(C)C)CCC2)oc1C. The van der Waals surface area contributed by atoms with E-state index in [4.69, 9.17) is 4.42 Å². The monoisotopic (exact) mass is 279 g/mol. The standard InChI is InChI=1S/C16H29N3O/c1-13-14(10-17-2)9-15(20-13)11-19(5)12-16(18(3)4)7-6-8-16/h9,17H,6-8,10-12H2,1-5H3. The van der Waals surface area contributed by atoms with Gasteiger partial charge < -0.3 is 14.6 Å². The first kappa shape index (κ1) is 15.5. The summed E-state index contributed by atoms with van der Waals surface area (Å²) in [6, 6.07) is 2.19. The second kappa shape index (κ2) is 6.29. The van der Waals surface area contributed by atoms with Crippen LogP contribution in [0.4, 0.5) is 0 Å². The van der Waals surface area contributed by atoms with Crippen LogP contribution in [0, 0.1) is 6.92 Å². The first-order valence-corrected chi connectivity index (χ1v) is 7.55. The number of furan rings is 1. The highest BCUT2D eigenvalue weighted by Gasteiger charge is 2.39. The zero-order chi connectivity index (χ0) is 14.8. The number of hydrogen-bond acceptors (Lipinski definition) is 4. The van der Waals surface area contributed by atoms with Crippen molar-refractivity contribution in [3.8, 4) is 0 Å². The molecule has 0 spiro atoms. The molecule has 0 bridgehead atoms. The Morgan fingerprint density at radius 2 is 2.00 bits per heavy atom. The Morgan fingerprint density at radius 3 is 2.50 bits per heavy atom. The maximum atomic E-state index is 5.87. The third kappa shape index (κ3) is 3.25. The molecule has 1 N–H and O–H groups in total. The largest absolute Gasteiger partial charge is 0.465 e. The van der Waals surface area contributed by atoms with Gasteiger partial charge in [0.25, 0.3) is 0 Å². The number of hydrogen-bond donors (Lipinski definition) is 1. The van der Waals surface area contributed by atoms with Gasteiger partial charge in [0.2, 0.25) is 0 Å². The summed E-state index contributed by atoms with van der Waals surface area (Å²) in [6.07, 6.45) is 3.98. The van der Waals surface area contributed by atoms with E-state index in [-0.39, 0.29) is 0 Å². The zero-order valence-corrected chi connectivity index (χ0v) is 13.6. The molecular weight excluding hydrogens is 250 g/mol. The lowest BCUT2D eigenvalue weighted by molar-refractivity contribution is 0.0243. The molecule has 0 aliphatic heterocycles. The van der Waals surface area contributed by atoms with E-state index in [0.717, 1.165) is 31.2 Å². The lowest BCUT2D eigenvalue weighted by atomic mass is 9.75. The van der Waals surface area contributed by atoms with Crippen LogP contribution in [0.3, 0.4) is 0 Å². The first-order chi connectivity index (χ1) is 9.47. The molecule has 0 radical (unpaired) electrons. The molecule has 0 aromatic carbocycles. The molecule has 4 nitrogen and oxygen atoms in total. The van der Waals surface area contributed by atoms with Gasteiger partial charge >= 0.3 is 0 Å². The van der Waals surface area contributed by atoms with Crippen molar-refractivity contribution in [2.45, 2.75) is 44.8 Å². The zero-order valence-electron chi connectivity index (χ0n) is 13.6. The van der Waals surface area contributed by atoms with Gasteiger partial charge in [0, 0.05) is 24.2 Å². The third-order valence-electron chi connectivity index (χ3n) is 4.66. The Morgan fingerprint density at radius 1 is 1.30 bits per heavy atom. The van der Waals surface area contributed by atoms with E-state index in [9.17, 15) is 0 Å². The summed E-state index contributed by atoms with van der Waals surface area (Å²) in [5.41, 5.74) is 1.64. The molecule has 0 saturated heterocycles. The number of aryl methyl sites for hydroxylation is 1. The van der Waals surface area contributed by atoms with Gasteiger partial charge in [0.1, 0.15) is 11.5 Å². The molecule has 1 aromatic heterocycles. The molecule has 2 rings (SSSR count). The van der Waals surface area contributed by atoms with Gasteiger partial charge in [-0.2, -0.15) is 0 Å². The maximum absolute atomic E-state index is 5.87. The molecule has 0 atom stereocenters. The second-order valence-electron chi connectivity index (χ2n) is 6.47. The van der Waals surface area contributed by atoms with Gasteiger partial charge in [-0.05, 0) is 60.4 Å². The Labute approximate surface area is 123 Å².